The molecule has 0 aliphatic carbocycles. The highest BCUT2D eigenvalue weighted by atomic mass is 79.9. The van der Waals surface area contributed by atoms with Gasteiger partial charge in [0.2, 0.25) is 5.95 Å². The summed E-state index contributed by atoms with van der Waals surface area (Å²) < 4.78 is 5.50. The molecule has 154 valence electrons. The van der Waals surface area contributed by atoms with Crippen LogP contribution in [0.4, 0.5) is 11.6 Å². The highest BCUT2D eigenvalue weighted by molar-refractivity contribution is 9.10. The maximum absolute atomic E-state index is 12.6. The Balaban J connectivity index is 1.68. The SMILES string of the molecule is COc1ccc(C(=O)NNc2ncc(Br)c(C(=O)Nc3ccc(C)c(C)c3)n2)cc1. The fraction of sp³-hybridized carbons (Fsp3) is 0.143. The molecule has 8 nitrogen and oxygen atoms in total. The van der Waals surface area contributed by atoms with Gasteiger partial charge >= 0.3 is 0 Å². The zero-order chi connectivity index (χ0) is 21.7. The minimum atomic E-state index is -0.406. The fourth-order valence-electron chi connectivity index (χ4n) is 2.52. The molecular formula is C21H20BrN5O3. The number of aromatic nitrogens is 2. The minimum absolute atomic E-state index is 0.0744. The Bertz CT molecular complexity index is 1090. The van der Waals surface area contributed by atoms with E-state index in [4.69, 9.17) is 4.74 Å². The molecule has 0 radical (unpaired) electrons. The second-order valence-corrected chi connectivity index (χ2v) is 7.31. The molecule has 3 N–H and O–H groups in total. The summed E-state index contributed by atoms with van der Waals surface area (Å²) in [6.45, 7) is 3.97. The van der Waals surface area contributed by atoms with Crippen LogP contribution in [0, 0.1) is 13.8 Å². The van der Waals surface area contributed by atoms with Crippen LogP contribution in [-0.2, 0) is 0 Å². The van der Waals surface area contributed by atoms with Crippen LogP contribution in [0.3, 0.4) is 0 Å². The predicted molar refractivity (Wildman–Crippen MR) is 118 cm³/mol. The number of hydrazine groups is 1. The monoisotopic (exact) mass is 469 g/mol. The standard InChI is InChI=1S/C21H20BrN5O3/c1-12-4-7-15(10-13(12)2)24-20(29)18-17(22)11-23-21(25-18)27-26-19(28)14-5-8-16(30-3)9-6-14/h4-11H,1-3H3,(H,24,29)(H,26,28)(H,23,25,27). The molecule has 9 heteroatoms. The first-order valence-corrected chi connectivity index (χ1v) is 9.78. The summed E-state index contributed by atoms with van der Waals surface area (Å²) >= 11 is 3.29. The second kappa shape index (κ2) is 9.36. The number of hydrogen-bond donors (Lipinski definition) is 3. The molecule has 0 bridgehead atoms. The van der Waals surface area contributed by atoms with E-state index in [1.165, 1.54) is 6.20 Å². The lowest BCUT2D eigenvalue weighted by Gasteiger charge is -2.11. The van der Waals surface area contributed by atoms with Crippen molar-refractivity contribution in [2.24, 2.45) is 0 Å². The smallest absolute Gasteiger partial charge is 0.275 e. The maximum Gasteiger partial charge on any atom is 0.275 e. The Morgan fingerprint density at radius 1 is 1.00 bits per heavy atom. The summed E-state index contributed by atoms with van der Waals surface area (Å²) in [6, 6.07) is 12.3. The van der Waals surface area contributed by atoms with Crippen LogP contribution in [0.15, 0.2) is 53.1 Å². The Morgan fingerprint density at radius 3 is 2.40 bits per heavy atom. The van der Waals surface area contributed by atoms with Gasteiger partial charge in [-0.2, -0.15) is 0 Å². The Hall–Kier alpha value is -3.46. The molecule has 30 heavy (non-hydrogen) atoms. The number of hydrogen-bond acceptors (Lipinski definition) is 6. The van der Waals surface area contributed by atoms with Gasteiger partial charge in [-0.05, 0) is 77.3 Å². The van der Waals surface area contributed by atoms with Gasteiger partial charge in [-0.25, -0.2) is 9.97 Å². The van der Waals surface area contributed by atoms with E-state index in [1.54, 1.807) is 31.4 Å². The summed E-state index contributed by atoms with van der Waals surface area (Å²) in [5.41, 5.74) is 8.54. The number of benzene rings is 2. The molecule has 0 saturated carbocycles. The third kappa shape index (κ3) is 5.12. The van der Waals surface area contributed by atoms with Gasteiger partial charge in [0.15, 0.2) is 0 Å². The van der Waals surface area contributed by atoms with Gasteiger partial charge in [-0.1, -0.05) is 6.07 Å². The molecule has 1 aromatic heterocycles. The Morgan fingerprint density at radius 2 is 1.73 bits per heavy atom. The average Bonchev–Trinajstić information content (AvgIpc) is 2.75. The maximum atomic E-state index is 12.6. The van der Waals surface area contributed by atoms with E-state index in [0.717, 1.165) is 11.1 Å². The number of carbonyl (C=O) groups excluding carboxylic acids is 2. The van der Waals surface area contributed by atoms with Crippen LogP contribution < -0.4 is 20.9 Å². The molecule has 2 amide bonds. The summed E-state index contributed by atoms with van der Waals surface area (Å²) in [7, 11) is 1.55. The van der Waals surface area contributed by atoms with Crippen LogP contribution in [-0.4, -0.2) is 28.9 Å². The van der Waals surface area contributed by atoms with Crippen molar-refractivity contribution < 1.29 is 14.3 Å². The zero-order valence-corrected chi connectivity index (χ0v) is 18.2. The molecule has 0 atom stereocenters. The molecule has 1 heterocycles. The van der Waals surface area contributed by atoms with Crippen molar-refractivity contribution in [2.75, 3.05) is 17.9 Å². The first-order chi connectivity index (χ1) is 14.4. The first kappa shape index (κ1) is 21.3. The lowest BCUT2D eigenvalue weighted by Crippen LogP contribution is -2.30. The number of ether oxygens (including phenoxy) is 1. The van der Waals surface area contributed by atoms with Crippen LogP contribution in [0.25, 0.3) is 0 Å². The number of halogens is 1. The molecule has 0 aliphatic rings. The van der Waals surface area contributed by atoms with Crippen molar-refractivity contribution in [3.8, 4) is 5.75 Å². The van der Waals surface area contributed by atoms with Gasteiger partial charge in [0, 0.05) is 17.4 Å². The third-order valence-corrected chi connectivity index (χ3v) is 4.94. The molecule has 0 saturated heterocycles. The van der Waals surface area contributed by atoms with Gasteiger partial charge < -0.3 is 10.1 Å². The molecule has 3 rings (SSSR count). The van der Waals surface area contributed by atoms with Gasteiger partial charge in [0.1, 0.15) is 11.4 Å². The third-order valence-electron chi connectivity index (χ3n) is 4.36. The topological polar surface area (TPSA) is 105 Å². The van der Waals surface area contributed by atoms with E-state index < -0.39 is 5.91 Å². The van der Waals surface area contributed by atoms with E-state index in [0.29, 0.717) is 21.5 Å². The average molecular weight is 470 g/mol. The van der Waals surface area contributed by atoms with E-state index in [1.807, 2.05) is 32.0 Å². The summed E-state index contributed by atoms with van der Waals surface area (Å²) in [5, 5.41) is 2.81. The lowest BCUT2D eigenvalue weighted by atomic mass is 10.1. The molecular weight excluding hydrogens is 450 g/mol. The highest BCUT2D eigenvalue weighted by Gasteiger charge is 2.15. The summed E-state index contributed by atoms with van der Waals surface area (Å²) in [4.78, 5) is 33.1. The molecule has 2 aromatic carbocycles. The minimum Gasteiger partial charge on any atom is -0.497 e. The van der Waals surface area contributed by atoms with Crippen molar-refractivity contribution in [2.45, 2.75) is 13.8 Å². The number of methoxy groups -OCH3 is 1. The zero-order valence-electron chi connectivity index (χ0n) is 16.6. The fourth-order valence-corrected chi connectivity index (χ4v) is 2.89. The van der Waals surface area contributed by atoms with Gasteiger partial charge in [-0.3, -0.25) is 20.4 Å². The predicted octanol–water partition coefficient (Wildman–Crippen LogP) is 3.87. The number of anilines is 2. The van der Waals surface area contributed by atoms with Gasteiger partial charge in [0.05, 0.1) is 11.6 Å². The highest BCUT2D eigenvalue weighted by Crippen LogP contribution is 2.19. The molecule has 0 fully saturated rings. The van der Waals surface area contributed by atoms with Crippen molar-refractivity contribution in [3.63, 3.8) is 0 Å². The summed E-state index contributed by atoms with van der Waals surface area (Å²) in [5.74, 6) is -0.0668. The van der Waals surface area contributed by atoms with Crippen molar-refractivity contribution in [1.29, 1.82) is 0 Å². The molecule has 0 spiro atoms. The van der Waals surface area contributed by atoms with Crippen molar-refractivity contribution in [3.05, 3.63) is 75.5 Å². The number of carbonyl (C=O) groups is 2. The summed E-state index contributed by atoms with van der Waals surface area (Å²) in [6.07, 6.45) is 1.43. The number of nitrogens with zero attached hydrogens (tertiary/aromatic N) is 2. The van der Waals surface area contributed by atoms with E-state index in [2.05, 4.69) is 42.1 Å². The lowest BCUT2D eigenvalue weighted by molar-refractivity contribution is 0.0961. The van der Waals surface area contributed by atoms with Crippen LogP contribution in [0.5, 0.6) is 5.75 Å². The second-order valence-electron chi connectivity index (χ2n) is 6.45. The number of nitrogens with one attached hydrogen (secondary N) is 3. The first-order valence-electron chi connectivity index (χ1n) is 8.99. The quantitative estimate of drug-likeness (QED) is 0.473. The van der Waals surface area contributed by atoms with Crippen LogP contribution in [0.1, 0.15) is 32.0 Å². The molecule has 0 unspecified atom stereocenters. The largest absolute Gasteiger partial charge is 0.497 e. The number of amides is 2. The number of aryl methyl sites for hydroxylation is 2. The van der Waals surface area contributed by atoms with Gasteiger partial charge in [-0.15, -0.1) is 0 Å². The Labute approximate surface area is 182 Å². The van der Waals surface area contributed by atoms with Crippen LogP contribution in [0.2, 0.25) is 0 Å². The molecule has 0 aliphatic heterocycles. The normalized spacial score (nSPS) is 10.3. The van der Waals surface area contributed by atoms with Crippen molar-refractivity contribution in [1.82, 2.24) is 15.4 Å². The van der Waals surface area contributed by atoms with Crippen molar-refractivity contribution >= 4 is 39.4 Å². The van der Waals surface area contributed by atoms with E-state index >= 15 is 0 Å². The van der Waals surface area contributed by atoms with Gasteiger partial charge in [0.25, 0.3) is 11.8 Å². The number of rotatable bonds is 6. The molecule has 3 aromatic rings. The Kier molecular flexibility index (Phi) is 6.63. The van der Waals surface area contributed by atoms with Crippen LogP contribution >= 0.6 is 15.9 Å². The van der Waals surface area contributed by atoms with E-state index in [9.17, 15) is 9.59 Å². The van der Waals surface area contributed by atoms with E-state index in [-0.39, 0.29) is 17.5 Å².